The smallest absolute Gasteiger partial charge is 0.417 e. The molecule has 1 aliphatic carbocycles. The van der Waals surface area contributed by atoms with Gasteiger partial charge in [-0.1, -0.05) is 62.4 Å². The summed E-state index contributed by atoms with van der Waals surface area (Å²) in [6.45, 7) is 4.04. The van der Waals surface area contributed by atoms with Gasteiger partial charge in [0.1, 0.15) is 23.9 Å². The van der Waals surface area contributed by atoms with Crippen LogP contribution < -0.4 is 4.74 Å². The van der Waals surface area contributed by atoms with Gasteiger partial charge >= 0.3 is 12.1 Å². The lowest BCUT2D eigenvalue weighted by Crippen LogP contribution is -2.10. The molecule has 4 rings (SSSR count). The minimum Gasteiger partial charge on any atom is -0.489 e. The molecule has 0 N–H and O–H groups in total. The van der Waals surface area contributed by atoms with Gasteiger partial charge in [0.25, 0.3) is 0 Å². The van der Waals surface area contributed by atoms with Crippen molar-refractivity contribution in [3.05, 3.63) is 113 Å². The molecule has 0 unspecified atom stereocenters. The molecule has 0 aliphatic heterocycles. The van der Waals surface area contributed by atoms with Crippen molar-refractivity contribution in [1.82, 2.24) is 4.98 Å². The van der Waals surface area contributed by atoms with Gasteiger partial charge in [0.15, 0.2) is 0 Å². The Morgan fingerprint density at radius 3 is 2.34 bits per heavy atom. The molecule has 3 aromatic rings. The number of methoxy groups -OCH3 is 1. The fourth-order valence-electron chi connectivity index (χ4n) is 3.68. The van der Waals surface area contributed by atoms with Crippen LogP contribution in [-0.2, 0) is 17.5 Å². The van der Waals surface area contributed by atoms with E-state index in [1.54, 1.807) is 36.5 Å². The monoisotopic (exact) mass is 525 g/mol. The second-order valence-electron chi connectivity index (χ2n) is 7.91. The quantitative estimate of drug-likeness (QED) is 0.240. The standard InChI is InChI=1S/C28H21F4NO3.C2H6/c1-35-27(34)26-14-11-20(16-33-26)19-9-7-18(8-10-19)17-36-21-12-13-22(24(15-21)28(30,31)32)23-5-3-2-4-6-25(23)29;1-2/h2,4-16H,3,17H2,1H3;1-2H3. The lowest BCUT2D eigenvalue weighted by molar-refractivity contribution is -0.137. The fourth-order valence-corrected chi connectivity index (χ4v) is 3.68. The normalized spacial score (nSPS) is 12.9. The van der Waals surface area contributed by atoms with E-state index in [1.807, 2.05) is 26.0 Å². The number of carbonyl (C=O) groups excluding carboxylic acids is 1. The lowest BCUT2D eigenvalue weighted by Gasteiger charge is -2.16. The van der Waals surface area contributed by atoms with Crippen LogP contribution in [0.15, 0.2) is 90.9 Å². The predicted octanol–water partition coefficient (Wildman–Crippen LogP) is 8.36. The first-order chi connectivity index (χ1) is 18.3. The molecule has 0 amide bonds. The number of allylic oxidation sites excluding steroid dienone is 6. The average Bonchev–Trinajstić information content (AvgIpc) is 3.16. The van der Waals surface area contributed by atoms with E-state index in [1.165, 1.54) is 31.4 Å². The van der Waals surface area contributed by atoms with E-state index in [0.29, 0.717) is 6.42 Å². The van der Waals surface area contributed by atoms with Gasteiger partial charge in [0.2, 0.25) is 0 Å². The van der Waals surface area contributed by atoms with Gasteiger partial charge in [-0.05, 0) is 53.5 Å². The number of alkyl halides is 3. The highest BCUT2D eigenvalue weighted by atomic mass is 19.4. The van der Waals surface area contributed by atoms with Crippen LogP contribution in [0.25, 0.3) is 16.7 Å². The first-order valence-electron chi connectivity index (χ1n) is 12.0. The van der Waals surface area contributed by atoms with Gasteiger partial charge in [-0.3, -0.25) is 0 Å². The van der Waals surface area contributed by atoms with Crippen LogP contribution >= 0.6 is 0 Å². The number of aromatic nitrogens is 1. The summed E-state index contributed by atoms with van der Waals surface area (Å²) in [5.74, 6) is -1.23. The van der Waals surface area contributed by atoms with Crippen molar-refractivity contribution in [2.45, 2.75) is 33.1 Å². The summed E-state index contributed by atoms with van der Waals surface area (Å²) in [6, 6.07) is 14.0. The van der Waals surface area contributed by atoms with Crippen LogP contribution in [-0.4, -0.2) is 18.1 Å². The number of carbonyl (C=O) groups is 1. The van der Waals surface area contributed by atoms with Gasteiger partial charge in [0.05, 0.1) is 12.7 Å². The largest absolute Gasteiger partial charge is 0.489 e. The number of hydrogen-bond donors (Lipinski definition) is 0. The van der Waals surface area contributed by atoms with Crippen LogP contribution in [0, 0.1) is 0 Å². The SMILES string of the molecule is CC.COC(=O)c1ccc(-c2ccc(COc3ccc(C4=CCC=CC=C4F)c(C(F)(F)F)c3)cc2)cn1. The van der Waals surface area contributed by atoms with Crippen LogP contribution in [0.1, 0.15) is 47.4 Å². The zero-order valence-corrected chi connectivity index (χ0v) is 21.2. The predicted molar refractivity (Wildman–Crippen MR) is 139 cm³/mol. The third kappa shape index (κ3) is 6.97. The molecule has 2 aromatic carbocycles. The van der Waals surface area contributed by atoms with Crippen LogP contribution in [0.5, 0.6) is 5.75 Å². The number of esters is 1. The van der Waals surface area contributed by atoms with E-state index in [4.69, 9.17) is 4.74 Å². The third-order valence-corrected chi connectivity index (χ3v) is 5.53. The molecule has 198 valence electrons. The molecule has 4 nitrogen and oxygen atoms in total. The number of benzene rings is 2. The summed E-state index contributed by atoms with van der Waals surface area (Å²) >= 11 is 0. The number of rotatable bonds is 6. The number of pyridine rings is 1. The Kier molecular flexibility index (Phi) is 9.60. The second kappa shape index (κ2) is 12.9. The zero-order chi connectivity index (χ0) is 27.7. The maximum absolute atomic E-state index is 14.4. The molecule has 0 saturated heterocycles. The summed E-state index contributed by atoms with van der Waals surface area (Å²) in [5, 5.41) is 0. The van der Waals surface area contributed by atoms with E-state index in [0.717, 1.165) is 28.8 Å². The van der Waals surface area contributed by atoms with E-state index >= 15 is 0 Å². The number of halogens is 4. The molecular formula is C30H27F4NO3. The first kappa shape index (κ1) is 28.4. The third-order valence-electron chi connectivity index (χ3n) is 5.53. The Morgan fingerprint density at radius 1 is 1.00 bits per heavy atom. The molecule has 38 heavy (non-hydrogen) atoms. The van der Waals surface area contributed by atoms with Gasteiger partial charge in [0, 0.05) is 17.3 Å². The summed E-state index contributed by atoms with van der Waals surface area (Å²) in [5.41, 5.74) is 1.27. The summed E-state index contributed by atoms with van der Waals surface area (Å²) in [7, 11) is 1.28. The molecule has 0 saturated carbocycles. The minimum atomic E-state index is -4.69. The highest BCUT2D eigenvalue weighted by Gasteiger charge is 2.35. The maximum atomic E-state index is 14.4. The number of nitrogens with zero attached hydrogens (tertiary/aromatic N) is 1. The molecule has 0 atom stereocenters. The van der Waals surface area contributed by atoms with Crippen LogP contribution in [0.2, 0.25) is 0 Å². The van der Waals surface area contributed by atoms with Gasteiger partial charge in [-0.2, -0.15) is 13.2 Å². The summed E-state index contributed by atoms with van der Waals surface area (Å²) in [4.78, 5) is 15.6. The molecule has 0 radical (unpaired) electrons. The van der Waals surface area contributed by atoms with Crippen LogP contribution in [0.4, 0.5) is 17.6 Å². The van der Waals surface area contributed by atoms with Crippen molar-refractivity contribution in [2.75, 3.05) is 7.11 Å². The molecule has 1 heterocycles. The molecule has 0 bridgehead atoms. The van der Waals surface area contributed by atoms with Crippen molar-refractivity contribution in [3.63, 3.8) is 0 Å². The Labute approximate surface area is 218 Å². The topological polar surface area (TPSA) is 48.4 Å². The molecular weight excluding hydrogens is 498 g/mol. The average molecular weight is 526 g/mol. The van der Waals surface area contributed by atoms with Gasteiger partial charge in [-0.15, -0.1) is 0 Å². The maximum Gasteiger partial charge on any atom is 0.417 e. The minimum absolute atomic E-state index is 0.0227. The molecule has 1 aromatic heterocycles. The van der Waals surface area contributed by atoms with E-state index in [2.05, 4.69) is 9.72 Å². The molecule has 1 aliphatic rings. The fraction of sp³-hybridized carbons (Fsp3) is 0.200. The Bertz CT molecular complexity index is 1340. The Morgan fingerprint density at radius 2 is 1.71 bits per heavy atom. The van der Waals surface area contributed by atoms with Crippen molar-refractivity contribution >= 4 is 11.5 Å². The van der Waals surface area contributed by atoms with Crippen LogP contribution in [0.3, 0.4) is 0 Å². The number of hydrogen-bond acceptors (Lipinski definition) is 4. The van der Waals surface area contributed by atoms with Gasteiger partial charge in [-0.25, -0.2) is 14.2 Å². The van der Waals surface area contributed by atoms with Crippen molar-refractivity contribution in [3.8, 4) is 16.9 Å². The highest BCUT2D eigenvalue weighted by Crippen LogP contribution is 2.40. The Hall–Kier alpha value is -4.20. The van der Waals surface area contributed by atoms with Crippen molar-refractivity contribution < 1.29 is 31.8 Å². The molecule has 0 fully saturated rings. The second-order valence-corrected chi connectivity index (χ2v) is 7.91. The van der Waals surface area contributed by atoms with Crippen molar-refractivity contribution in [1.29, 1.82) is 0 Å². The van der Waals surface area contributed by atoms with E-state index in [9.17, 15) is 22.4 Å². The summed E-state index contributed by atoms with van der Waals surface area (Å²) in [6.07, 6.45) is 2.91. The first-order valence-corrected chi connectivity index (χ1v) is 12.0. The van der Waals surface area contributed by atoms with E-state index in [-0.39, 0.29) is 29.2 Å². The Balaban J connectivity index is 0.00000195. The summed E-state index contributed by atoms with van der Waals surface area (Å²) < 4.78 is 66.0. The van der Waals surface area contributed by atoms with Crippen molar-refractivity contribution in [2.24, 2.45) is 0 Å². The zero-order valence-electron chi connectivity index (χ0n) is 21.2. The molecule has 8 heteroatoms. The highest BCUT2D eigenvalue weighted by molar-refractivity contribution is 5.87. The number of ether oxygens (including phenoxy) is 2. The molecule has 0 spiro atoms. The van der Waals surface area contributed by atoms with E-state index < -0.39 is 23.5 Å². The van der Waals surface area contributed by atoms with Gasteiger partial charge < -0.3 is 9.47 Å². The lowest BCUT2D eigenvalue weighted by atomic mass is 9.97.